The number of carbonyl (C=O) groups excluding carboxylic acids is 1. The third-order valence-electron chi connectivity index (χ3n) is 1.54. The van der Waals surface area contributed by atoms with E-state index < -0.39 is 0 Å². The average molecular weight is 181 g/mol. The highest BCUT2D eigenvalue weighted by Gasteiger charge is 2.05. The lowest BCUT2D eigenvalue weighted by Gasteiger charge is -2.04. The number of hydrogen-bond acceptors (Lipinski definition) is 2. The molecule has 0 rings (SSSR count). The van der Waals surface area contributed by atoms with Crippen molar-refractivity contribution in [1.29, 1.82) is 0 Å². The first-order valence-corrected chi connectivity index (χ1v) is 3.73. The van der Waals surface area contributed by atoms with Crippen LogP contribution in [0, 0.1) is 0 Å². The van der Waals surface area contributed by atoms with Crippen molar-refractivity contribution in [3.63, 3.8) is 0 Å². The lowest BCUT2D eigenvalue weighted by molar-refractivity contribution is -0.368. The molecular weight excluding hydrogens is 164 g/mol. The zero-order chi connectivity index (χ0) is 7.98. The van der Waals surface area contributed by atoms with Gasteiger partial charge < -0.3 is 23.9 Å². The van der Waals surface area contributed by atoms with Crippen molar-refractivity contribution in [2.75, 3.05) is 6.54 Å². The van der Waals surface area contributed by atoms with Crippen molar-refractivity contribution in [2.45, 2.75) is 32.2 Å². The van der Waals surface area contributed by atoms with Crippen molar-refractivity contribution in [3.8, 4) is 0 Å². The summed E-state index contributed by atoms with van der Waals surface area (Å²) in [5.41, 5.74) is 9.19. The van der Waals surface area contributed by atoms with E-state index in [1.165, 1.54) is 6.92 Å². The molecule has 1 atom stereocenters. The lowest BCUT2D eigenvalue weighted by Crippen LogP contribution is -3.00. The smallest absolute Gasteiger partial charge is 0.146 e. The SMILES string of the molecule is CC(=O)C(N)CCCC[NH3+].[Cl-]. The lowest BCUT2D eigenvalue weighted by atomic mass is 10.1. The second kappa shape index (κ2) is 7.98. The normalized spacial score (nSPS) is 11.9. The fraction of sp³-hybridized carbons (Fsp3) is 0.857. The third kappa shape index (κ3) is 7.78. The molecule has 4 heteroatoms. The summed E-state index contributed by atoms with van der Waals surface area (Å²) in [6.45, 7) is 2.47. The Balaban J connectivity index is 0. The van der Waals surface area contributed by atoms with Gasteiger partial charge in [0.2, 0.25) is 0 Å². The molecule has 11 heavy (non-hydrogen) atoms. The zero-order valence-electron chi connectivity index (χ0n) is 6.98. The number of nitrogens with two attached hydrogens (primary N) is 1. The average Bonchev–Trinajstić information content (AvgIpc) is 1.88. The van der Waals surface area contributed by atoms with Crippen LogP contribution in [0.15, 0.2) is 0 Å². The largest absolute Gasteiger partial charge is 1.00 e. The van der Waals surface area contributed by atoms with Crippen LogP contribution >= 0.6 is 0 Å². The van der Waals surface area contributed by atoms with Crippen molar-refractivity contribution in [1.82, 2.24) is 0 Å². The number of carbonyl (C=O) groups is 1. The van der Waals surface area contributed by atoms with Crippen molar-refractivity contribution in [2.24, 2.45) is 5.73 Å². The first-order valence-electron chi connectivity index (χ1n) is 3.73. The molecule has 0 saturated heterocycles. The molecular formula is C7H17ClN2O. The molecule has 0 aliphatic heterocycles. The van der Waals surface area contributed by atoms with E-state index in [0.29, 0.717) is 0 Å². The monoisotopic (exact) mass is 180 g/mol. The van der Waals surface area contributed by atoms with Gasteiger partial charge in [-0.1, -0.05) is 0 Å². The summed E-state index contributed by atoms with van der Waals surface area (Å²) in [5, 5.41) is 0. The molecule has 5 N–H and O–H groups in total. The van der Waals surface area contributed by atoms with Crippen LogP contribution in [0.4, 0.5) is 0 Å². The summed E-state index contributed by atoms with van der Waals surface area (Å²) >= 11 is 0. The van der Waals surface area contributed by atoms with Gasteiger partial charge in [-0.3, -0.25) is 4.79 Å². The predicted octanol–water partition coefficient (Wildman–Crippen LogP) is -3.68. The number of ketones is 1. The molecule has 0 aliphatic carbocycles. The molecule has 0 heterocycles. The topological polar surface area (TPSA) is 70.7 Å². The van der Waals surface area contributed by atoms with E-state index in [1.54, 1.807) is 0 Å². The summed E-state index contributed by atoms with van der Waals surface area (Å²) in [7, 11) is 0. The Morgan fingerprint density at radius 1 is 1.55 bits per heavy atom. The highest BCUT2D eigenvalue weighted by atomic mass is 35.5. The third-order valence-corrected chi connectivity index (χ3v) is 1.54. The van der Waals surface area contributed by atoms with E-state index in [9.17, 15) is 4.79 Å². The number of rotatable bonds is 5. The van der Waals surface area contributed by atoms with Crippen LogP contribution in [-0.4, -0.2) is 18.4 Å². The van der Waals surface area contributed by atoms with Crippen LogP contribution in [0.5, 0.6) is 0 Å². The van der Waals surface area contributed by atoms with Crippen LogP contribution in [0.2, 0.25) is 0 Å². The van der Waals surface area contributed by atoms with Crippen molar-refractivity contribution in [3.05, 3.63) is 0 Å². The van der Waals surface area contributed by atoms with Gasteiger partial charge in [0.15, 0.2) is 0 Å². The minimum Gasteiger partial charge on any atom is -1.00 e. The highest BCUT2D eigenvalue weighted by molar-refractivity contribution is 5.80. The molecule has 0 amide bonds. The Morgan fingerprint density at radius 2 is 2.09 bits per heavy atom. The Morgan fingerprint density at radius 3 is 2.45 bits per heavy atom. The first-order chi connectivity index (χ1) is 4.68. The summed E-state index contributed by atoms with van der Waals surface area (Å²) < 4.78 is 0. The fourth-order valence-corrected chi connectivity index (χ4v) is 0.744. The van der Waals surface area contributed by atoms with Gasteiger partial charge in [0.25, 0.3) is 0 Å². The van der Waals surface area contributed by atoms with Crippen LogP contribution in [0.3, 0.4) is 0 Å². The van der Waals surface area contributed by atoms with E-state index in [0.717, 1.165) is 25.8 Å². The molecule has 0 aromatic carbocycles. The van der Waals surface area contributed by atoms with Gasteiger partial charge in [-0.25, -0.2) is 0 Å². The van der Waals surface area contributed by atoms with Crippen LogP contribution in [0.1, 0.15) is 26.2 Å². The van der Waals surface area contributed by atoms with Gasteiger partial charge in [-0.05, 0) is 26.2 Å². The Labute approximate surface area is 73.9 Å². The molecule has 68 valence electrons. The van der Waals surface area contributed by atoms with Gasteiger partial charge in [0.05, 0.1) is 12.6 Å². The van der Waals surface area contributed by atoms with E-state index in [4.69, 9.17) is 5.73 Å². The zero-order valence-corrected chi connectivity index (χ0v) is 7.73. The van der Waals surface area contributed by atoms with E-state index >= 15 is 0 Å². The number of hydrogen-bond donors (Lipinski definition) is 2. The maximum atomic E-state index is 10.6. The molecule has 0 saturated carbocycles. The summed E-state index contributed by atoms with van der Waals surface area (Å²) in [4.78, 5) is 10.6. The first kappa shape index (κ1) is 13.5. The predicted molar refractivity (Wildman–Crippen MR) is 40.3 cm³/mol. The van der Waals surface area contributed by atoms with Gasteiger partial charge in [-0.2, -0.15) is 0 Å². The summed E-state index contributed by atoms with van der Waals surface area (Å²) in [6.07, 6.45) is 2.90. The van der Waals surface area contributed by atoms with Gasteiger partial charge >= 0.3 is 0 Å². The Hall–Kier alpha value is -0.120. The maximum absolute atomic E-state index is 10.6. The van der Waals surface area contributed by atoms with E-state index in [1.807, 2.05) is 0 Å². The maximum Gasteiger partial charge on any atom is 0.146 e. The summed E-state index contributed by atoms with van der Waals surface area (Å²) in [6, 6.07) is -0.244. The van der Waals surface area contributed by atoms with E-state index in [-0.39, 0.29) is 24.2 Å². The van der Waals surface area contributed by atoms with Gasteiger partial charge in [-0.15, -0.1) is 0 Å². The second-order valence-electron chi connectivity index (χ2n) is 2.57. The quantitative estimate of drug-likeness (QED) is 0.428. The van der Waals surface area contributed by atoms with E-state index in [2.05, 4.69) is 5.73 Å². The Bertz CT molecular complexity index is 109. The number of quaternary nitrogens is 1. The molecule has 0 radical (unpaired) electrons. The van der Waals surface area contributed by atoms with Crippen molar-refractivity contribution >= 4 is 5.78 Å². The fourth-order valence-electron chi connectivity index (χ4n) is 0.744. The van der Waals surface area contributed by atoms with Gasteiger partial charge in [0.1, 0.15) is 5.78 Å². The molecule has 0 aromatic rings. The Kier molecular flexibility index (Phi) is 9.77. The standard InChI is InChI=1S/C7H16N2O.ClH/c1-6(10)7(9)4-2-3-5-8;/h7H,2-5,8-9H2,1H3;1H. The molecule has 0 fully saturated rings. The molecule has 0 spiro atoms. The second-order valence-corrected chi connectivity index (χ2v) is 2.57. The van der Waals surface area contributed by atoms with Crippen molar-refractivity contribution < 1.29 is 22.9 Å². The van der Waals surface area contributed by atoms with Crippen LogP contribution in [-0.2, 0) is 4.79 Å². The summed E-state index contributed by atoms with van der Waals surface area (Å²) in [5.74, 6) is 0.0871. The number of unbranched alkanes of at least 4 members (excludes halogenated alkanes) is 1. The number of halogens is 1. The van der Waals surface area contributed by atoms with Crippen LogP contribution in [0.25, 0.3) is 0 Å². The minimum absolute atomic E-state index is 0. The molecule has 1 unspecified atom stereocenters. The molecule has 3 nitrogen and oxygen atoms in total. The molecule has 0 bridgehead atoms. The highest BCUT2D eigenvalue weighted by Crippen LogP contribution is 1.97. The minimum atomic E-state index is -0.244. The molecule has 0 aromatic heterocycles. The van der Waals surface area contributed by atoms with Crippen LogP contribution < -0.4 is 23.9 Å². The molecule has 0 aliphatic rings. The van der Waals surface area contributed by atoms with Gasteiger partial charge in [0, 0.05) is 0 Å². The number of Topliss-reactive ketones (excluding diaryl/α,β-unsaturated/α-hetero) is 1.